The van der Waals surface area contributed by atoms with Crippen LogP contribution in [0.2, 0.25) is 0 Å². The number of hydrogen-bond donors (Lipinski definition) is 1. The summed E-state index contributed by atoms with van der Waals surface area (Å²) in [5.41, 5.74) is 1.80. The molecule has 1 aliphatic heterocycles. The van der Waals surface area contributed by atoms with Crippen LogP contribution in [0.3, 0.4) is 0 Å². The van der Waals surface area contributed by atoms with E-state index in [2.05, 4.69) is 12.2 Å². The van der Waals surface area contributed by atoms with Gasteiger partial charge in [0.15, 0.2) is 0 Å². The van der Waals surface area contributed by atoms with Crippen LogP contribution in [0.4, 0.5) is 0 Å². The fraction of sp³-hybridized carbons (Fsp3) is 0.640. The van der Waals surface area contributed by atoms with Crippen LogP contribution in [0, 0.1) is 11.8 Å². The Bertz CT molecular complexity index is 786. The molecule has 1 aliphatic carbocycles. The van der Waals surface area contributed by atoms with E-state index in [1.165, 1.54) is 5.56 Å². The van der Waals surface area contributed by atoms with Gasteiger partial charge < -0.3 is 15.1 Å². The molecule has 1 N–H and O–H groups in total. The van der Waals surface area contributed by atoms with Crippen molar-refractivity contribution in [3.05, 3.63) is 35.4 Å². The van der Waals surface area contributed by atoms with Gasteiger partial charge in [0, 0.05) is 37.2 Å². The molecule has 2 unspecified atom stereocenters. The number of hydrogen-bond acceptors (Lipinski definition) is 3. The lowest BCUT2D eigenvalue weighted by Gasteiger charge is -2.41. The number of piperazine rings is 1. The van der Waals surface area contributed by atoms with E-state index >= 15 is 0 Å². The standard InChI is InChI=1S/C25H37N3O3/c1-5-6-7-19-8-10-20(11-9-19)23(29)26-22(17(2)3)25(31)27-14-15-28(18(4)16-27)24(30)21-12-13-21/h8-11,17-18,21-22H,5-7,12-16H2,1-4H3,(H,26,29). The molecule has 2 fully saturated rings. The molecule has 6 heteroatoms. The summed E-state index contributed by atoms with van der Waals surface area (Å²) in [5, 5.41) is 2.96. The molecule has 1 saturated heterocycles. The fourth-order valence-corrected chi connectivity index (χ4v) is 4.19. The summed E-state index contributed by atoms with van der Waals surface area (Å²) in [6.45, 7) is 9.68. The number of aryl methyl sites for hydroxylation is 1. The number of carbonyl (C=O) groups excluding carboxylic acids is 3. The van der Waals surface area contributed by atoms with Crippen LogP contribution in [-0.4, -0.2) is 59.2 Å². The van der Waals surface area contributed by atoms with Crippen molar-refractivity contribution < 1.29 is 14.4 Å². The maximum Gasteiger partial charge on any atom is 0.251 e. The second-order valence-electron chi connectivity index (χ2n) is 9.43. The Morgan fingerprint density at radius 2 is 1.77 bits per heavy atom. The second kappa shape index (κ2) is 10.3. The molecule has 2 atom stereocenters. The van der Waals surface area contributed by atoms with Crippen LogP contribution < -0.4 is 5.32 Å². The van der Waals surface area contributed by atoms with Crippen LogP contribution in [0.5, 0.6) is 0 Å². The molecule has 6 nitrogen and oxygen atoms in total. The van der Waals surface area contributed by atoms with Crippen molar-refractivity contribution in [3.8, 4) is 0 Å². The first-order chi connectivity index (χ1) is 14.8. The van der Waals surface area contributed by atoms with Gasteiger partial charge in [0.25, 0.3) is 5.91 Å². The van der Waals surface area contributed by atoms with Gasteiger partial charge in [-0.05, 0) is 56.2 Å². The van der Waals surface area contributed by atoms with E-state index in [0.29, 0.717) is 25.2 Å². The van der Waals surface area contributed by atoms with E-state index < -0.39 is 6.04 Å². The number of carbonyl (C=O) groups is 3. The van der Waals surface area contributed by atoms with Crippen LogP contribution >= 0.6 is 0 Å². The van der Waals surface area contributed by atoms with E-state index in [0.717, 1.165) is 32.1 Å². The van der Waals surface area contributed by atoms with E-state index in [1.807, 2.05) is 49.9 Å². The highest BCUT2D eigenvalue weighted by atomic mass is 16.2. The number of nitrogens with one attached hydrogen (secondary N) is 1. The summed E-state index contributed by atoms with van der Waals surface area (Å²) in [6.07, 6.45) is 5.27. The molecule has 0 spiro atoms. The van der Waals surface area contributed by atoms with Gasteiger partial charge in [0.2, 0.25) is 11.8 Å². The first kappa shape index (κ1) is 23.3. The fourth-order valence-electron chi connectivity index (χ4n) is 4.19. The predicted molar refractivity (Wildman–Crippen MR) is 122 cm³/mol. The number of amides is 3. The summed E-state index contributed by atoms with van der Waals surface area (Å²) in [5.74, 6) is 0.121. The number of rotatable bonds is 8. The molecule has 3 amide bonds. The molecule has 3 rings (SSSR count). The summed E-state index contributed by atoms with van der Waals surface area (Å²) in [7, 11) is 0. The summed E-state index contributed by atoms with van der Waals surface area (Å²) >= 11 is 0. The van der Waals surface area contributed by atoms with E-state index in [4.69, 9.17) is 0 Å². The van der Waals surface area contributed by atoms with Crippen LogP contribution in [0.25, 0.3) is 0 Å². The van der Waals surface area contributed by atoms with Gasteiger partial charge in [0.05, 0.1) is 0 Å². The minimum absolute atomic E-state index is 0.00461. The summed E-state index contributed by atoms with van der Waals surface area (Å²) in [6, 6.07) is 7.09. The Kier molecular flexibility index (Phi) is 7.74. The Morgan fingerprint density at radius 3 is 2.32 bits per heavy atom. The number of nitrogens with zero attached hydrogens (tertiary/aromatic N) is 2. The molecular weight excluding hydrogens is 390 g/mol. The van der Waals surface area contributed by atoms with Gasteiger partial charge in [0.1, 0.15) is 6.04 Å². The highest BCUT2D eigenvalue weighted by molar-refractivity contribution is 5.97. The highest BCUT2D eigenvalue weighted by Crippen LogP contribution is 2.32. The van der Waals surface area contributed by atoms with Gasteiger partial charge in [-0.25, -0.2) is 0 Å². The van der Waals surface area contributed by atoms with Crippen molar-refractivity contribution in [1.82, 2.24) is 15.1 Å². The van der Waals surface area contributed by atoms with Crippen molar-refractivity contribution in [2.75, 3.05) is 19.6 Å². The minimum atomic E-state index is -0.579. The van der Waals surface area contributed by atoms with Gasteiger partial charge in [-0.1, -0.05) is 39.3 Å². The average Bonchev–Trinajstić information content (AvgIpc) is 3.60. The molecule has 0 aromatic heterocycles. The third-order valence-electron chi connectivity index (χ3n) is 6.40. The Morgan fingerprint density at radius 1 is 1.10 bits per heavy atom. The van der Waals surface area contributed by atoms with Crippen molar-refractivity contribution in [2.45, 2.75) is 71.9 Å². The van der Waals surface area contributed by atoms with E-state index in [1.54, 1.807) is 4.90 Å². The molecule has 0 bridgehead atoms. The first-order valence-electron chi connectivity index (χ1n) is 11.8. The van der Waals surface area contributed by atoms with Gasteiger partial charge in [-0.2, -0.15) is 0 Å². The summed E-state index contributed by atoms with van der Waals surface area (Å²) in [4.78, 5) is 42.2. The monoisotopic (exact) mass is 427 g/mol. The van der Waals surface area contributed by atoms with Crippen LogP contribution in [-0.2, 0) is 16.0 Å². The Balaban J connectivity index is 1.60. The molecule has 0 radical (unpaired) electrons. The van der Waals surface area contributed by atoms with Crippen LogP contribution in [0.1, 0.15) is 69.3 Å². The van der Waals surface area contributed by atoms with Crippen LogP contribution in [0.15, 0.2) is 24.3 Å². The summed E-state index contributed by atoms with van der Waals surface area (Å²) < 4.78 is 0. The first-order valence-corrected chi connectivity index (χ1v) is 11.8. The lowest BCUT2D eigenvalue weighted by Crippen LogP contribution is -2.60. The number of benzene rings is 1. The van der Waals surface area contributed by atoms with Crippen molar-refractivity contribution in [3.63, 3.8) is 0 Å². The smallest absolute Gasteiger partial charge is 0.251 e. The SMILES string of the molecule is CCCCc1ccc(C(=O)NC(C(=O)N2CCN(C(=O)C3CC3)C(C)C2)C(C)C)cc1. The molecule has 1 aromatic rings. The molecule has 170 valence electrons. The van der Waals surface area contributed by atoms with Gasteiger partial charge in [-0.3, -0.25) is 14.4 Å². The third-order valence-corrected chi connectivity index (χ3v) is 6.40. The molecule has 1 heterocycles. The predicted octanol–water partition coefficient (Wildman–Crippen LogP) is 3.25. The molecule has 1 saturated carbocycles. The molecule has 1 aromatic carbocycles. The molecule has 2 aliphatic rings. The number of unbranched alkanes of at least 4 members (excludes halogenated alkanes) is 1. The maximum absolute atomic E-state index is 13.3. The average molecular weight is 428 g/mol. The van der Waals surface area contributed by atoms with Gasteiger partial charge >= 0.3 is 0 Å². The maximum atomic E-state index is 13.3. The van der Waals surface area contributed by atoms with E-state index in [9.17, 15) is 14.4 Å². The van der Waals surface area contributed by atoms with Gasteiger partial charge in [-0.15, -0.1) is 0 Å². The zero-order chi connectivity index (χ0) is 22.5. The Hall–Kier alpha value is -2.37. The third kappa shape index (κ3) is 5.86. The lowest BCUT2D eigenvalue weighted by molar-refractivity contribution is -0.144. The molecular formula is C25H37N3O3. The Labute approximate surface area is 186 Å². The van der Waals surface area contributed by atoms with Crippen molar-refractivity contribution in [1.29, 1.82) is 0 Å². The largest absolute Gasteiger partial charge is 0.340 e. The minimum Gasteiger partial charge on any atom is -0.340 e. The quantitative estimate of drug-likeness (QED) is 0.692. The van der Waals surface area contributed by atoms with Crippen molar-refractivity contribution in [2.24, 2.45) is 11.8 Å². The topological polar surface area (TPSA) is 69.7 Å². The highest BCUT2D eigenvalue weighted by Gasteiger charge is 2.39. The van der Waals surface area contributed by atoms with E-state index in [-0.39, 0.29) is 35.6 Å². The lowest BCUT2D eigenvalue weighted by atomic mass is 10.0. The second-order valence-corrected chi connectivity index (χ2v) is 9.43. The van der Waals surface area contributed by atoms with Crippen molar-refractivity contribution >= 4 is 17.7 Å². The normalized spacial score (nSPS) is 20.0. The zero-order valence-corrected chi connectivity index (χ0v) is 19.4. The zero-order valence-electron chi connectivity index (χ0n) is 19.4. The molecule has 31 heavy (non-hydrogen) atoms.